The van der Waals surface area contributed by atoms with Gasteiger partial charge in [-0.3, -0.25) is 0 Å². The fraction of sp³-hybridized carbons (Fsp3) is 0.0426. The molecule has 6 heteroatoms. The first kappa shape index (κ1) is 32.1. The highest BCUT2D eigenvalue weighted by atomic mass is 19.2. The van der Waals surface area contributed by atoms with E-state index in [4.69, 9.17) is 15.0 Å². The molecule has 0 amide bonds. The summed E-state index contributed by atoms with van der Waals surface area (Å²) in [6, 6.07) is 50.9. The molecule has 0 aliphatic heterocycles. The number of hydrogen-bond donors (Lipinski definition) is 0. The van der Waals surface area contributed by atoms with Crippen molar-refractivity contribution in [3.05, 3.63) is 180 Å². The van der Waals surface area contributed by atoms with E-state index in [-0.39, 0.29) is 5.56 Å². The van der Waals surface area contributed by atoms with Crippen LogP contribution in [0.4, 0.5) is 8.78 Å². The summed E-state index contributed by atoms with van der Waals surface area (Å²) in [5.74, 6) is -0.411. The van der Waals surface area contributed by atoms with Crippen molar-refractivity contribution in [3.63, 3.8) is 0 Å². The number of aryl methyl sites for hydroxylation is 2. The average Bonchev–Trinajstić information content (AvgIpc) is 3.52. The lowest BCUT2D eigenvalue weighted by molar-refractivity contribution is 0.511. The smallest absolute Gasteiger partial charge is 0.166 e. The highest BCUT2D eigenvalue weighted by molar-refractivity contribution is 6.10. The number of halogens is 2. The third kappa shape index (κ3) is 5.84. The molecule has 7 aromatic carbocycles. The van der Waals surface area contributed by atoms with Gasteiger partial charge < -0.3 is 4.57 Å². The van der Waals surface area contributed by atoms with Crippen molar-refractivity contribution >= 4 is 21.8 Å². The molecule has 0 N–H and O–H groups in total. The van der Waals surface area contributed by atoms with Gasteiger partial charge in [-0.2, -0.15) is 0 Å². The third-order valence-corrected chi connectivity index (χ3v) is 9.67. The van der Waals surface area contributed by atoms with Gasteiger partial charge in [-0.15, -0.1) is 0 Å². The standard InChI is InChI=1S/C47H32F2N4/c1-29-24-30(2)26-35(25-29)33-20-22-38-37-16-9-10-19-41(37)53(43(38)28-33)42-23-21-34(36-17-11-18-40(48)44(36)49)27-39(42)47-51-45(31-12-5-3-6-13-31)50-46(52-47)32-14-7-4-8-15-32/h3-28H,1-2H3. The fourth-order valence-corrected chi connectivity index (χ4v) is 7.28. The van der Waals surface area contributed by atoms with Crippen LogP contribution in [0, 0.1) is 25.5 Å². The van der Waals surface area contributed by atoms with Crippen molar-refractivity contribution in [2.45, 2.75) is 13.8 Å². The highest BCUT2D eigenvalue weighted by Crippen LogP contribution is 2.40. The van der Waals surface area contributed by atoms with Crippen LogP contribution in [0.3, 0.4) is 0 Å². The van der Waals surface area contributed by atoms with Crippen LogP contribution >= 0.6 is 0 Å². The molecule has 0 spiro atoms. The molecule has 254 valence electrons. The largest absolute Gasteiger partial charge is 0.308 e. The monoisotopic (exact) mass is 690 g/mol. The van der Waals surface area contributed by atoms with Gasteiger partial charge in [0.05, 0.1) is 16.7 Å². The number of fused-ring (bicyclic) bond motifs is 3. The van der Waals surface area contributed by atoms with Gasteiger partial charge in [0.15, 0.2) is 29.1 Å². The average molecular weight is 691 g/mol. The van der Waals surface area contributed by atoms with Crippen LogP contribution in [-0.4, -0.2) is 19.5 Å². The zero-order valence-corrected chi connectivity index (χ0v) is 29.1. The first-order valence-corrected chi connectivity index (χ1v) is 17.5. The van der Waals surface area contributed by atoms with E-state index in [1.807, 2.05) is 91.0 Å². The molecule has 0 saturated heterocycles. The molecular weight excluding hydrogens is 659 g/mol. The van der Waals surface area contributed by atoms with Crippen LogP contribution in [0.15, 0.2) is 158 Å². The maximum Gasteiger partial charge on any atom is 0.166 e. The van der Waals surface area contributed by atoms with Gasteiger partial charge in [0.25, 0.3) is 0 Å². The zero-order chi connectivity index (χ0) is 36.1. The van der Waals surface area contributed by atoms with E-state index < -0.39 is 11.6 Å². The molecule has 0 unspecified atom stereocenters. The van der Waals surface area contributed by atoms with Crippen molar-refractivity contribution in [1.82, 2.24) is 19.5 Å². The third-order valence-electron chi connectivity index (χ3n) is 9.67. The van der Waals surface area contributed by atoms with Crippen LogP contribution in [0.5, 0.6) is 0 Å². The summed E-state index contributed by atoms with van der Waals surface area (Å²) in [5, 5.41) is 2.18. The molecule has 53 heavy (non-hydrogen) atoms. The van der Waals surface area contributed by atoms with E-state index in [1.54, 1.807) is 6.07 Å². The Balaban J connectivity index is 1.37. The van der Waals surface area contributed by atoms with Gasteiger partial charge in [0.1, 0.15) is 0 Å². The van der Waals surface area contributed by atoms with E-state index >= 15 is 4.39 Å². The van der Waals surface area contributed by atoms with Crippen molar-refractivity contribution in [3.8, 4) is 62.1 Å². The number of nitrogens with zero attached hydrogens (tertiary/aromatic N) is 4. The fourth-order valence-electron chi connectivity index (χ4n) is 7.28. The first-order valence-electron chi connectivity index (χ1n) is 17.5. The molecule has 9 rings (SSSR count). The van der Waals surface area contributed by atoms with Gasteiger partial charge in [0, 0.05) is 33.0 Å². The molecule has 0 radical (unpaired) electrons. The molecular formula is C47H32F2N4. The Morgan fingerprint density at radius 1 is 0.415 bits per heavy atom. The lowest BCUT2D eigenvalue weighted by atomic mass is 9.99. The first-order chi connectivity index (χ1) is 25.9. The SMILES string of the molecule is Cc1cc(C)cc(-c2ccc3c4ccccc4n(-c4ccc(-c5cccc(F)c5F)cc4-c4nc(-c5ccccc5)nc(-c5ccccc5)n4)c3c2)c1. The number of benzene rings is 7. The molecule has 0 fully saturated rings. The van der Waals surface area contributed by atoms with Gasteiger partial charge in [-0.05, 0) is 60.9 Å². The Morgan fingerprint density at radius 3 is 1.72 bits per heavy atom. The topological polar surface area (TPSA) is 43.6 Å². The Labute approximate surface area is 305 Å². The molecule has 2 heterocycles. The normalized spacial score (nSPS) is 11.4. The number of rotatable bonds is 6. The Bertz CT molecular complexity index is 2750. The molecule has 4 nitrogen and oxygen atoms in total. The zero-order valence-electron chi connectivity index (χ0n) is 29.1. The Morgan fingerprint density at radius 2 is 1.02 bits per heavy atom. The van der Waals surface area contributed by atoms with Gasteiger partial charge in [-0.1, -0.05) is 139 Å². The van der Waals surface area contributed by atoms with E-state index in [0.717, 1.165) is 55.8 Å². The maximum absolute atomic E-state index is 15.4. The molecule has 0 bridgehead atoms. The molecule has 0 atom stereocenters. The summed E-state index contributed by atoms with van der Waals surface area (Å²) in [6.07, 6.45) is 0. The molecule has 0 saturated carbocycles. The summed E-state index contributed by atoms with van der Waals surface area (Å²) in [5.41, 5.74) is 10.3. The minimum absolute atomic E-state index is 0.151. The number of aromatic nitrogens is 4. The summed E-state index contributed by atoms with van der Waals surface area (Å²) in [4.78, 5) is 15.1. The van der Waals surface area contributed by atoms with Crippen molar-refractivity contribution in [2.24, 2.45) is 0 Å². The second-order valence-electron chi connectivity index (χ2n) is 13.3. The summed E-state index contributed by atoms with van der Waals surface area (Å²) in [6.45, 7) is 4.23. The number of para-hydroxylation sites is 1. The van der Waals surface area contributed by atoms with E-state index in [9.17, 15) is 4.39 Å². The molecule has 0 aliphatic rings. The molecule has 0 aliphatic carbocycles. The van der Waals surface area contributed by atoms with E-state index in [2.05, 4.69) is 66.9 Å². The van der Waals surface area contributed by atoms with Crippen LogP contribution < -0.4 is 0 Å². The summed E-state index contributed by atoms with van der Waals surface area (Å²) in [7, 11) is 0. The molecule has 2 aromatic heterocycles. The Kier molecular flexibility index (Phi) is 7.93. The van der Waals surface area contributed by atoms with Crippen LogP contribution in [0.1, 0.15) is 11.1 Å². The molecule has 9 aromatic rings. The number of hydrogen-bond acceptors (Lipinski definition) is 3. The van der Waals surface area contributed by atoms with E-state index in [0.29, 0.717) is 28.6 Å². The summed E-state index contributed by atoms with van der Waals surface area (Å²) < 4.78 is 32.3. The van der Waals surface area contributed by atoms with Crippen molar-refractivity contribution in [2.75, 3.05) is 0 Å². The Hall–Kier alpha value is -6.79. The predicted octanol–water partition coefficient (Wildman–Crippen LogP) is 12.2. The van der Waals surface area contributed by atoms with E-state index in [1.165, 1.54) is 17.2 Å². The van der Waals surface area contributed by atoms with Crippen molar-refractivity contribution < 1.29 is 8.78 Å². The highest BCUT2D eigenvalue weighted by Gasteiger charge is 2.22. The lowest BCUT2D eigenvalue weighted by Crippen LogP contribution is -2.04. The quantitative estimate of drug-likeness (QED) is 0.174. The van der Waals surface area contributed by atoms with Crippen molar-refractivity contribution in [1.29, 1.82) is 0 Å². The lowest BCUT2D eigenvalue weighted by Gasteiger charge is -2.17. The minimum atomic E-state index is -0.910. The maximum atomic E-state index is 15.4. The van der Waals surface area contributed by atoms with Gasteiger partial charge in [-0.25, -0.2) is 23.7 Å². The second kappa shape index (κ2) is 13.1. The predicted molar refractivity (Wildman–Crippen MR) is 211 cm³/mol. The van der Waals surface area contributed by atoms with Gasteiger partial charge in [0.2, 0.25) is 0 Å². The van der Waals surface area contributed by atoms with Crippen LogP contribution in [0.25, 0.3) is 83.9 Å². The second-order valence-corrected chi connectivity index (χ2v) is 13.3. The van der Waals surface area contributed by atoms with Gasteiger partial charge >= 0.3 is 0 Å². The summed E-state index contributed by atoms with van der Waals surface area (Å²) >= 11 is 0. The van der Waals surface area contributed by atoms with Crippen LogP contribution in [-0.2, 0) is 0 Å². The minimum Gasteiger partial charge on any atom is -0.308 e. The van der Waals surface area contributed by atoms with Crippen LogP contribution in [0.2, 0.25) is 0 Å².